The van der Waals surface area contributed by atoms with Crippen molar-refractivity contribution in [3.8, 4) is 5.75 Å². The number of ether oxygens (including phenoxy) is 9. The van der Waals surface area contributed by atoms with E-state index < -0.39 is 0 Å². The fourth-order valence-electron chi connectivity index (χ4n) is 7.51. The molecule has 1 atom stereocenters. The largest absolute Gasteiger partial charge is 0.493 e. The van der Waals surface area contributed by atoms with Gasteiger partial charge >= 0.3 is 0 Å². The molecule has 7 rings (SSSR count). The van der Waals surface area contributed by atoms with Crippen LogP contribution in [-0.4, -0.2) is 111 Å². The lowest BCUT2D eigenvalue weighted by Crippen LogP contribution is -2.46. The van der Waals surface area contributed by atoms with Crippen LogP contribution in [0.15, 0.2) is 54.6 Å². The molecule has 354 valence electrons. The van der Waals surface area contributed by atoms with E-state index in [1.54, 1.807) is 0 Å². The first kappa shape index (κ1) is 52.5. The first-order valence-electron chi connectivity index (χ1n) is 24.1. The Kier molecular flexibility index (Phi) is 23.2. The normalized spacial score (nSPS) is 20.8. The molecule has 0 saturated carbocycles. The summed E-state index contributed by atoms with van der Waals surface area (Å²) >= 11 is 0. The maximum Gasteiger partial charge on any atom is 0.119 e. The van der Waals surface area contributed by atoms with Crippen molar-refractivity contribution in [1.29, 1.82) is 0 Å². The zero-order chi connectivity index (χ0) is 44.6. The molecule has 1 N–H and O–H groups in total. The molecule has 0 bridgehead atoms. The monoisotopic (exact) mass is 871 g/mol. The minimum absolute atomic E-state index is 0.139. The van der Waals surface area contributed by atoms with Gasteiger partial charge in [0.1, 0.15) is 5.75 Å². The van der Waals surface area contributed by atoms with Gasteiger partial charge in [-0.3, -0.25) is 0 Å². The quantitative estimate of drug-likeness (QED) is 0.104. The summed E-state index contributed by atoms with van der Waals surface area (Å²) in [6.07, 6.45) is 10.8. The van der Waals surface area contributed by atoms with Crippen LogP contribution in [0, 0.1) is 33.0 Å². The molecule has 5 saturated heterocycles. The third-order valence-corrected chi connectivity index (χ3v) is 14.1. The van der Waals surface area contributed by atoms with Gasteiger partial charge < -0.3 is 47.7 Å². The van der Waals surface area contributed by atoms with Gasteiger partial charge in [0.15, 0.2) is 0 Å². The lowest BCUT2D eigenvalue weighted by molar-refractivity contribution is -0.152. The Morgan fingerprint density at radius 3 is 1.19 bits per heavy atom. The summed E-state index contributed by atoms with van der Waals surface area (Å²) in [6, 6.07) is 18.5. The van der Waals surface area contributed by atoms with Gasteiger partial charge in [0.05, 0.1) is 118 Å². The SMILES string of the molecule is CCC1(CO)COC1.CCC1(COCc2ccc(COCC3(CC)COC3)cc2)COC1.CCC1(COc2ccccc2)COC1.CCCCC(CC)COCC1(CC)COC1. The molecule has 5 heterocycles. The molecule has 62 heavy (non-hydrogen) atoms. The first-order valence-corrected chi connectivity index (χ1v) is 24.1. The third-order valence-electron chi connectivity index (χ3n) is 14.1. The smallest absolute Gasteiger partial charge is 0.119 e. The fraction of sp³-hybridized carbons (Fsp3) is 0.769. The molecular formula is C52H86O10. The van der Waals surface area contributed by atoms with Crippen molar-refractivity contribution in [3.05, 3.63) is 65.7 Å². The lowest BCUT2D eigenvalue weighted by atomic mass is 9.84. The maximum atomic E-state index is 8.76. The summed E-state index contributed by atoms with van der Waals surface area (Å²) in [5, 5.41) is 8.76. The molecule has 10 heteroatoms. The predicted molar refractivity (Wildman–Crippen MR) is 247 cm³/mol. The Morgan fingerprint density at radius 2 is 0.887 bits per heavy atom. The minimum atomic E-state index is 0.139. The molecule has 0 spiro atoms. The molecule has 5 aliphatic rings. The average molecular weight is 871 g/mol. The van der Waals surface area contributed by atoms with E-state index in [1.807, 2.05) is 30.3 Å². The molecule has 5 aliphatic heterocycles. The van der Waals surface area contributed by atoms with Crippen LogP contribution in [0.25, 0.3) is 0 Å². The molecule has 5 fully saturated rings. The van der Waals surface area contributed by atoms with Crippen LogP contribution in [0.5, 0.6) is 5.75 Å². The number of para-hydroxylation sites is 1. The number of hydrogen-bond acceptors (Lipinski definition) is 10. The van der Waals surface area contributed by atoms with Crippen LogP contribution in [0.1, 0.15) is 117 Å². The summed E-state index contributed by atoms with van der Waals surface area (Å²) in [7, 11) is 0. The van der Waals surface area contributed by atoms with Gasteiger partial charge in [-0.15, -0.1) is 0 Å². The second kappa shape index (κ2) is 27.4. The highest BCUT2D eigenvalue weighted by atomic mass is 16.5. The number of hydrogen-bond donors (Lipinski definition) is 1. The highest BCUT2D eigenvalue weighted by molar-refractivity contribution is 5.22. The van der Waals surface area contributed by atoms with Gasteiger partial charge in [0, 0.05) is 28.3 Å². The summed E-state index contributed by atoms with van der Waals surface area (Å²) < 4.78 is 49.6. The highest BCUT2D eigenvalue weighted by Crippen LogP contribution is 2.35. The zero-order valence-electron chi connectivity index (χ0n) is 40.0. The van der Waals surface area contributed by atoms with Gasteiger partial charge in [0.2, 0.25) is 0 Å². The van der Waals surface area contributed by atoms with Crippen LogP contribution < -0.4 is 4.74 Å². The Balaban J connectivity index is 0.000000194. The number of rotatable bonds is 25. The van der Waals surface area contributed by atoms with Crippen LogP contribution in [0.2, 0.25) is 0 Å². The summed E-state index contributed by atoms with van der Waals surface area (Å²) in [4.78, 5) is 0. The van der Waals surface area contributed by atoms with Crippen molar-refractivity contribution >= 4 is 0 Å². The van der Waals surface area contributed by atoms with Crippen molar-refractivity contribution in [2.75, 3.05) is 106 Å². The van der Waals surface area contributed by atoms with Crippen molar-refractivity contribution in [2.45, 2.75) is 119 Å². The van der Waals surface area contributed by atoms with E-state index in [1.165, 1.54) is 43.2 Å². The van der Waals surface area contributed by atoms with Crippen LogP contribution in [0.3, 0.4) is 0 Å². The molecule has 2 aromatic carbocycles. The molecule has 1 unspecified atom stereocenters. The van der Waals surface area contributed by atoms with E-state index >= 15 is 0 Å². The van der Waals surface area contributed by atoms with Gasteiger partial charge in [-0.05, 0) is 67.7 Å². The van der Waals surface area contributed by atoms with E-state index in [4.69, 9.17) is 47.7 Å². The molecule has 0 aromatic heterocycles. The first-order chi connectivity index (χ1) is 30.1. The Labute approximate surface area is 376 Å². The van der Waals surface area contributed by atoms with Gasteiger partial charge in [-0.25, -0.2) is 0 Å². The van der Waals surface area contributed by atoms with E-state index in [-0.39, 0.29) is 28.3 Å². The van der Waals surface area contributed by atoms with Gasteiger partial charge in [0.25, 0.3) is 0 Å². The van der Waals surface area contributed by atoms with Crippen LogP contribution in [-0.2, 0) is 51.1 Å². The number of aliphatic hydroxyl groups excluding tert-OH is 1. The number of benzene rings is 2. The number of unbranched alkanes of at least 4 members (excludes halogenated alkanes) is 1. The average Bonchev–Trinajstić information content (AvgIpc) is 3.23. The van der Waals surface area contributed by atoms with E-state index in [0.717, 1.165) is 136 Å². The van der Waals surface area contributed by atoms with Crippen LogP contribution in [0.4, 0.5) is 0 Å². The highest BCUT2D eigenvalue weighted by Gasteiger charge is 2.40. The Hall–Kier alpha value is -2.12. The molecule has 0 amide bonds. The summed E-state index contributed by atoms with van der Waals surface area (Å²) in [6.45, 7) is 29.6. The van der Waals surface area contributed by atoms with Gasteiger partial charge in [-0.2, -0.15) is 0 Å². The summed E-state index contributed by atoms with van der Waals surface area (Å²) in [5.74, 6) is 1.71. The fourth-order valence-corrected chi connectivity index (χ4v) is 7.51. The minimum Gasteiger partial charge on any atom is -0.493 e. The van der Waals surface area contributed by atoms with E-state index in [9.17, 15) is 0 Å². The molecule has 10 nitrogen and oxygen atoms in total. The lowest BCUT2D eigenvalue weighted by Gasteiger charge is -2.40. The number of aliphatic hydroxyl groups is 1. The Bertz CT molecular complexity index is 1350. The van der Waals surface area contributed by atoms with E-state index in [0.29, 0.717) is 18.6 Å². The standard InChI is InChI=1S/C20H30O4.C14H28O2.C12H16O2.C6H12O2/c1-3-19(13-23-14-19)11-21-9-17-5-7-18(8-6-17)10-22-12-20(4-2)15-24-16-20;1-4-7-8-13(5-2)9-15-10-14(6-3)11-16-12-14;1-2-12(8-13-9-12)10-14-11-6-4-3-5-7-11;1-2-6(3-7)4-8-5-6/h5-8H,3-4,9-16H2,1-2H3;13H,4-12H2,1-3H3;3-7H,2,8-10H2,1H3;7H,2-5H2,1H3. The molecule has 0 aliphatic carbocycles. The predicted octanol–water partition coefficient (Wildman–Crippen LogP) is 10.1. The van der Waals surface area contributed by atoms with Crippen LogP contribution >= 0.6 is 0 Å². The summed E-state index contributed by atoms with van der Waals surface area (Å²) in [5.41, 5.74) is 3.70. The molecular weight excluding hydrogens is 785 g/mol. The van der Waals surface area contributed by atoms with E-state index in [2.05, 4.69) is 72.7 Å². The van der Waals surface area contributed by atoms with Crippen molar-refractivity contribution in [3.63, 3.8) is 0 Å². The molecule has 2 aromatic rings. The second-order valence-electron chi connectivity index (χ2n) is 19.2. The van der Waals surface area contributed by atoms with Crippen molar-refractivity contribution < 1.29 is 47.7 Å². The van der Waals surface area contributed by atoms with Crippen molar-refractivity contribution in [2.24, 2.45) is 33.0 Å². The van der Waals surface area contributed by atoms with Crippen molar-refractivity contribution in [1.82, 2.24) is 0 Å². The van der Waals surface area contributed by atoms with Gasteiger partial charge in [-0.1, -0.05) is 110 Å². The zero-order valence-corrected chi connectivity index (χ0v) is 40.0. The second-order valence-corrected chi connectivity index (χ2v) is 19.2. The molecule has 0 radical (unpaired) electrons. The maximum absolute atomic E-state index is 8.76. The topological polar surface area (TPSA) is 103 Å². The third kappa shape index (κ3) is 16.4. The Morgan fingerprint density at radius 1 is 0.500 bits per heavy atom.